The number of carbonyl (C=O) groups is 1. The molecular formula is C24H29N3O4S. The average molecular weight is 456 g/mol. The number of amides is 1. The van der Waals surface area contributed by atoms with Crippen LogP contribution in [0.4, 0.5) is 0 Å². The number of nitrogens with zero attached hydrogens (tertiary/aromatic N) is 2. The molecule has 1 saturated heterocycles. The molecule has 32 heavy (non-hydrogen) atoms. The maximum absolute atomic E-state index is 13.0. The highest BCUT2D eigenvalue weighted by molar-refractivity contribution is 7.89. The standard InChI is InChI=1S/C24H29N3O4S/c1-18(2)15-23(24(28)26-10-9-25)21-7-3-5-19(16-21)20-6-4-8-22(17-20)32(29,30)27-11-13-31-14-12-27/h3-8,16-18,23H,10-15H2,1-2H3,(H,26,28). The lowest BCUT2D eigenvalue weighted by atomic mass is 9.88. The second-order valence-electron chi connectivity index (χ2n) is 8.23. The highest BCUT2D eigenvalue weighted by atomic mass is 32.2. The van der Waals surface area contributed by atoms with Crippen LogP contribution in [0.25, 0.3) is 11.1 Å². The first kappa shape index (κ1) is 23.9. The number of morpholine rings is 1. The van der Waals surface area contributed by atoms with Crippen LogP contribution in [-0.2, 0) is 19.6 Å². The zero-order valence-electron chi connectivity index (χ0n) is 18.5. The molecule has 7 nitrogen and oxygen atoms in total. The van der Waals surface area contributed by atoms with Crippen molar-refractivity contribution >= 4 is 15.9 Å². The third-order valence-corrected chi connectivity index (χ3v) is 7.32. The Hall–Kier alpha value is -2.73. The number of hydrogen-bond acceptors (Lipinski definition) is 5. The van der Waals surface area contributed by atoms with Gasteiger partial charge in [0.25, 0.3) is 0 Å². The third-order valence-electron chi connectivity index (χ3n) is 5.43. The highest BCUT2D eigenvalue weighted by Crippen LogP contribution is 2.30. The van der Waals surface area contributed by atoms with Gasteiger partial charge in [-0.25, -0.2) is 8.42 Å². The van der Waals surface area contributed by atoms with E-state index in [0.717, 1.165) is 16.7 Å². The lowest BCUT2D eigenvalue weighted by Crippen LogP contribution is -2.40. The van der Waals surface area contributed by atoms with Crippen molar-refractivity contribution in [3.05, 3.63) is 54.1 Å². The largest absolute Gasteiger partial charge is 0.379 e. The van der Waals surface area contributed by atoms with Gasteiger partial charge in [0.15, 0.2) is 0 Å². The zero-order chi connectivity index (χ0) is 23.1. The summed E-state index contributed by atoms with van der Waals surface area (Å²) in [7, 11) is -3.60. The van der Waals surface area contributed by atoms with Gasteiger partial charge in [-0.05, 0) is 41.2 Å². The van der Waals surface area contributed by atoms with E-state index in [0.29, 0.717) is 38.6 Å². The Morgan fingerprint density at radius 1 is 1.12 bits per heavy atom. The van der Waals surface area contributed by atoms with Gasteiger partial charge in [0, 0.05) is 13.1 Å². The molecule has 1 aliphatic rings. The summed E-state index contributed by atoms with van der Waals surface area (Å²) < 4.78 is 32.8. The van der Waals surface area contributed by atoms with Crippen molar-refractivity contribution in [1.82, 2.24) is 9.62 Å². The van der Waals surface area contributed by atoms with Crippen LogP contribution < -0.4 is 5.32 Å². The van der Waals surface area contributed by atoms with Gasteiger partial charge >= 0.3 is 0 Å². The van der Waals surface area contributed by atoms with Crippen molar-refractivity contribution in [2.45, 2.75) is 31.1 Å². The number of benzene rings is 2. The van der Waals surface area contributed by atoms with E-state index in [1.165, 1.54) is 4.31 Å². The van der Waals surface area contributed by atoms with Crippen LogP contribution in [0, 0.1) is 17.2 Å². The van der Waals surface area contributed by atoms with Gasteiger partial charge in [-0.2, -0.15) is 9.57 Å². The average Bonchev–Trinajstić information content (AvgIpc) is 2.81. The molecule has 2 aromatic carbocycles. The summed E-state index contributed by atoms with van der Waals surface area (Å²) in [6.07, 6.45) is 0.645. The van der Waals surface area contributed by atoms with Crippen LogP contribution in [0.2, 0.25) is 0 Å². The zero-order valence-corrected chi connectivity index (χ0v) is 19.3. The number of nitrogens with one attached hydrogen (secondary N) is 1. The molecule has 0 radical (unpaired) electrons. The maximum Gasteiger partial charge on any atom is 0.243 e. The van der Waals surface area contributed by atoms with E-state index in [9.17, 15) is 13.2 Å². The predicted octanol–water partition coefficient (Wildman–Crippen LogP) is 3.14. The Labute approximate surface area is 190 Å². The van der Waals surface area contributed by atoms with Crippen molar-refractivity contribution in [2.75, 3.05) is 32.8 Å². The molecule has 8 heteroatoms. The normalized spacial score (nSPS) is 15.8. The van der Waals surface area contributed by atoms with Crippen molar-refractivity contribution in [3.8, 4) is 17.2 Å². The smallest absolute Gasteiger partial charge is 0.243 e. The third kappa shape index (κ3) is 5.74. The van der Waals surface area contributed by atoms with Crippen LogP contribution in [0.3, 0.4) is 0 Å². The lowest BCUT2D eigenvalue weighted by molar-refractivity contribution is -0.122. The van der Waals surface area contributed by atoms with Crippen molar-refractivity contribution in [1.29, 1.82) is 5.26 Å². The Kier molecular flexibility index (Phi) is 8.02. The molecule has 170 valence electrons. The lowest BCUT2D eigenvalue weighted by Gasteiger charge is -2.26. The van der Waals surface area contributed by atoms with Gasteiger partial charge in [-0.3, -0.25) is 4.79 Å². The topological polar surface area (TPSA) is 99.5 Å². The molecule has 1 unspecified atom stereocenters. The quantitative estimate of drug-likeness (QED) is 0.617. The van der Waals surface area contributed by atoms with Gasteiger partial charge in [0.1, 0.15) is 6.54 Å². The van der Waals surface area contributed by atoms with Gasteiger partial charge in [0.2, 0.25) is 15.9 Å². The van der Waals surface area contributed by atoms with E-state index in [4.69, 9.17) is 10.00 Å². The predicted molar refractivity (Wildman–Crippen MR) is 122 cm³/mol. The Morgan fingerprint density at radius 2 is 1.78 bits per heavy atom. The van der Waals surface area contributed by atoms with Gasteiger partial charge in [-0.1, -0.05) is 50.2 Å². The number of ether oxygens (including phenoxy) is 1. The Balaban J connectivity index is 1.92. The summed E-state index contributed by atoms with van der Waals surface area (Å²) in [6.45, 7) is 5.54. The first-order valence-electron chi connectivity index (χ1n) is 10.8. The van der Waals surface area contributed by atoms with E-state index in [-0.39, 0.29) is 23.3 Å². The molecule has 2 aromatic rings. The summed E-state index contributed by atoms with van der Waals surface area (Å²) in [5.74, 6) is -0.275. The van der Waals surface area contributed by atoms with E-state index >= 15 is 0 Å². The molecule has 1 amide bonds. The molecule has 0 aromatic heterocycles. The summed E-state index contributed by atoms with van der Waals surface area (Å²) in [4.78, 5) is 12.9. The summed E-state index contributed by atoms with van der Waals surface area (Å²) in [5, 5.41) is 11.5. The summed E-state index contributed by atoms with van der Waals surface area (Å²) in [6, 6.07) is 16.4. The van der Waals surface area contributed by atoms with Crippen LogP contribution in [0.5, 0.6) is 0 Å². The minimum absolute atomic E-state index is 0.0332. The Bertz CT molecular complexity index is 1090. The number of nitriles is 1. The molecule has 1 heterocycles. The molecule has 1 N–H and O–H groups in total. The molecule has 0 spiro atoms. The molecule has 0 aliphatic carbocycles. The molecule has 3 rings (SSSR count). The van der Waals surface area contributed by atoms with E-state index < -0.39 is 10.0 Å². The molecular weight excluding hydrogens is 426 g/mol. The fraction of sp³-hybridized carbons (Fsp3) is 0.417. The number of rotatable bonds is 8. The minimum atomic E-state index is -3.60. The van der Waals surface area contributed by atoms with Gasteiger partial charge in [-0.15, -0.1) is 0 Å². The fourth-order valence-corrected chi connectivity index (χ4v) is 5.28. The van der Waals surface area contributed by atoms with E-state index in [1.807, 2.05) is 50.2 Å². The van der Waals surface area contributed by atoms with Crippen molar-refractivity contribution < 1.29 is 17.9 Å². The minimum Gasteiger partial charge on any atom is -0.379 e. The fourth-order valence-electron chi connectivity index (χ4n) is 3.82. The van der Waals surface area contributed by atoms with Crippen LogP contribution in [-0.4, -0.2) is 51.5 Å². The molecule has 0 saturated carbocycles. The van der Waals surface area contributed by atoms with Crippen LogP contribution in [0.1, 0.15) is 31.7 Å². The number of carbonyl (C=O) groups excluding carboxylic acids is 1. The molecule has 1 fully saturated rings. The van der Waals surface area contributed by atoms with Crippen molar-refractivity contribution in [2.24, 2.45) is 5.92 Å². The molecule has 1 aliphatic heterocycles. The summed E-state index contributed by atoms with van der Waals surface area (Å²) >= 11 is 0. The maximum atomic E-state index is 13.0. The number of hydrogen-bond donors (Lipinski definition) is 1. The Morgan fingerprint density at radius 3 is 2.44 bits per heavy atom. The van der Waals surface area contributed by atoms with Crippen LogP contribution >= 0.6 is 0 Å². The SMILES string of the molecule is CC(C)CC(C(=O)NCC#N)c1cccc(-c2cccc(S(=O)(=O)N3CCOCC3)c2)c1. The van der Waals surface area contributed by atoms with Gasteiger partial charge in [0.05, 0.1) is 30.1 Å². The van der Waals surface area contributed by atoms with Crippen LogP contribution in [0.15, 0.2) is 53.4 Å². The second kappa shape index (κ2) is 10.7. The number of sulfonamides is 1. The first-order valence-corrected chi connectivity index (χ1v) is 12.2. The van der Waals surface area contributed by atoms with E-state index in [1.54, 1.807) is 18.2 Å². The van der Waals surface area contributed by atoms with E-state index in [2.05, 4.69) is 5.32 Å². The van der Waals surface area contributed by atoms with Gasteiger partial charge < -0.3 is 10.1 Å². The summed E-state index contributed by atoms with van der Waals surface area (Å²) in [5.41, 5.74) is 2.44. The van der Waals surface area contributed by atoms with Crippen molar-refractivity contribution in [3.63, 3.8) is 0 Å². The first-order chi connectivity index (χ1) is 15.3. The highest BCUT2D eigenvalue weighted by Gasteiger charge is 2.27. The monoisotopic (exact) mass is 455 g/mol. The molecule has 0 bridgehead atoms. The molecule has 1 atom stereocenters. The second-order valence-corrected chi connectivity index (χ2v) is 10.2.